The predicted molar refractivity (Wildman–Crippen MR) is 68.5 cm³/mol. The van der Waals surface area contributed by atoms with Crippen molar-refractivity contribution in [3.05, 3.63) is 32.7 Å². The molecule has 1 aromatic heterocycles. The summed E-state index contributed by atoms with van der Waals surface area (Å²) in [7, 11) is 3.53. The van der Waals surface area contributed by atoms with Crippen LogP contribution in [0.3, 0.4) is 0 Å². The molecule has 86 valence electrons. The van der Waals surface area contributed by atoms with E-state index in [0.717, 1.165) is 21.1 Å². The second-order valence-electron chi connectivity index (χ2n) is 4.05. The minimum atomic E-state index is -0.0610. The Morgan fingerprint density at radius 1 is 1.25 bits per heavy atom. The molecule has 0 fully saturated rings. The van der Waals surface area contributed by atoms with Crippen molar-refractivity contribution < 1.29 is 0 Å². The van der Waals surface area contributed by atoms with Crippen LogP contribution >= 0.6 is 15.9 Å². The van der Waals surface area contributed by atoms with Crippen molar-refractivity contribution in [1.29, 1.82) is 0 Å². The number of nitrogens with zero attached hydrogens (tertiary/aromatic N) is 2. The zero-order valence-electron chi connectivity index (χ0n) is 9.49. The lowest BCUT2D eigenvalue weighted by Gasteiger charge is -2.09. The lowest BCUT2D eigenvalue weighted by Crippen LogP contribution is -2.19. The van der Waals surface area contributed by atoms with Crippen molar-refractivity contribution in [3.8, 4) is 0 Å². The van der Waals surface area contributed by atoms with Crippen LogP contribution in [0.4, 0.5) is 0 Å². The Morgan fingerprint density at radius 3 is 2.25 bits per heavy atom. The molecule has 5 heteroatoms. The third kappa shape index (κ3) is 1.51. The number of fused-ring (bicyclic) bond motifs is 1. The summed E-state index contributed by atoms with van der Waals surface area (Å²) >= 11 is 3.48. The number of halogens is 1. The van der Waals surface area contributed by atoms with Crippen LogP contribution in [0.15, 0.2) is 21.4 Å². The molecule has 0 aliphatic heterocycles. The first kappa shape index (κ1) is 11.4. The first-order valence-corrected chi connectivity index (χ1v) is 5.83. The largest absolute Gasteiger partial charge is 0.328 e. The second kappa shape index (κ2) is 3.75. The summed E-state index contributed by atoms with van der Waals surface area (Å²) in [5.74, 6) is 0. The standard InChI is InChI=1S/C11H14BrN3O/c1-6(13)7-4-9-10(5-8(7)12)15(3)11(16)14(9)2/h4-6H,13H2,1-3H3/t6-/m0/s1. The summed E-state index contributed by atoms with van der Waals surface area (Å²) in [6.07, 6.45) is 0. The van der Waals surface area contributed by atoms with E-state index in [1.807, 2.05) is 19.1 Å². The molecule has 0 aliphatic carbocycles. The van der Waals surface area contributed by atoms with Gasteiger partial charge in [-0.2, -0.15) is 0 Å². The van der Waals surface area contributed by atoms with E-state index in [4.69, 9.17) is 5.73 Å². The molecule has 0 amide bonds. The SMILES string of the molecule is C[C@H](N)c1cc2c(cc1Br)n(C)c(=O)n2C. The Labute approximate surface area is 102 Å². The monoisotopic (exact) mass is 283 g/mol. The van der Waals surface area contributed by atoms with Crippen molar-refractivity contribution in [3.63, 3.8) is 0 Å². The quantitative estimate of drug-likeness (QED) is 0.866. The molecule has 0 bridgehead atoms. The van der Waals surface area contributed by atoms with Gasteiger partial charge in [-0.15, -0.1) is 0 Å². The molecule has 0 aliphatic rings. The van der Waals surface area contributed by atoms with Crippen LogP contribution in [0.25, 0.3) is 11.0 Å². The maximum absolute atomic E-state index is 11.8. The minimum Gasteiger partial charge on any atom is -0.324 e. The highest BCUT2D eigenvalue weighted by Gasteiger charge is 2.12. The third-order valence-electron chi connectivity index (χ3n) is 2.88. The molecule has 0 spiro atoms. The number of imidazole rings is 1. The van der Waals surface area contributed by atoms with E-state index in [2.05, 4.69) is 15.9 Å². The van der Waals surface area contributed by atoms with Crippen LogP contribution in [0.2, 0.25) is 0 Å². The first-order valence-electron chi connectivity index (χ1n) is 5.04. The normalized spacial score (nSPS) is 13.3. The number of nitrogens with two attached hydrogens (primary N) is 1. The smallest absolute Gasteiger partial charge is 0.324 e. The highest BCUT2D eigenvalue weighted by molar-refractivity contribution is 9.10. The van der Waals surface area contributed by atoms with Crippen molar-refractivity contribution in [1.82, 2.24) is 9.13 Å². The maximum atomic E-state index is 11.8. The van der Waals surface area contributed by atoms with Gasteiger partial charge in [0.05, 0.1) is 11.0 Å². The molecular weight excluding hydrogens is 270 g/mol. The number of rotatable bonds is 1. The van der Waals surface area contributed by atoms with Gasteiger partial charge >= 0.3 is 5.69 Å². The van der Waals surface area contributed by atoms with Gasteiger partial charge in [0, 0.05) is 24.6 Å². The molecule has 1 heterocycles. The van der Waals surface area contributed by atoms with Crippen molar-refractivity contribution in [2.75, 3.05) is 0 Å². The molecule has 2 aromatic rings. The van der Waals surface area contributed by atoms with E-state index in [-0.39, 0.29) is 11.7 Å². The van der Waals surface area contributed by atoms with Gasteiger partial charge < -0.3 is 5.73 Å². The fourth-order valence-electron chi connectivity index (χ4n) is 1.88. The predicted octanol–water partition coefficient (Wildman–Crippen LogP) is 1.66. The number of benzene rings is 1. The first-order chi connectivity index (χ1) is 7.43. The molecule has 0 unspecified atom stereocenters. The number of hydrogen-bond acceptors (Lipinski definition) is 2. The van der Waals surface area contributed by atoms with E-state index < -0.39 is 0 Å². The van der Waals surface area contributed by atoms with Crippen LogP contribution in [0.5, 0.6) is 0 Å². The highest BCUT2D eigenvalue weighted by atomic mass is 79.9. The van der Waals surface area contributed by atoms with E-state index in [1.165, 1.54) is 0 Å². The number of aromatic nitrogens is 2. The second-order valence-corrected chi connectivity index (χ2v) is 4.91. The summed E-state index contributed by atoms with van der Waals surface area (Å²) in [5, 5.41) is 0. The van der Waals surface area contributed by atoms with Crippen molar-refractivity contribution in [2.45, 2.75) is 13.0 Å². The van der Waals surface area contributed by atoms with Gasteiger partial charge in [0.2, 0.25) is 0 Å². The zero-order chi connectivity index (χ0) is 12.0. The summed E-state index contributed by atoms with van der Waals surface area (Å²) in [5.41, 5.74) is 8.67. The minimum absolute atomic E-state index is 0.0243. The summed E-state index contributed by atoms with van der Waals surface area (Å²) in [6.45, 7) is 1.92. The van der Waals surface area contributed by atoms with Gasteiger partial charge in [-0.1, -0.05) is 15.9 Å². The summed E-state index contributed by atoms with van der Waals surface area (Å²) < 4.78 is 4.20. The van der Waals surface area contributed by atoms with Crippen molar-refractivity contribution >= 4 is 27.0 Å². The molecule has 1 atom stereocenters. The molecule has 2 N–H and O–H groups in total. The average molecular weight is 284 g/mol. The highest BCUT2D eigenvalue weighted by Crippen LogP contribution is 2.27. The van der Waals surface area contributed by atoms with E-state index in [9.17, 15) is 4.79 Å². The number of aryl methyl sites for hydroxylation is 2. The molecule has 0 saturated heterocycles. The molecule has 0 saturated carbocycles. The van der Waals surface area contributed by atoms with Gasteiger partial charge in [0.1, 0.15) is 0 Å². The van der Waals surface area contributed by atoms with Crippen LogP contribution in [0, 0.1) is 0 Å². The zero-order valence-corrected chi connectivity index (χ0v) is 11.1. The average Bonchev–Trinajstić information content (AvgIpc) is 2.43. The van der Waals surface area contributed by atoms with Gasteiger partial charge in [-0.25, -0.2) is 4.79 Å². The lowest BCUT2D eigenvalue weighted by atomic mass is 10.1. The Kier molecular flexibility index (Phi) is 2.67. The number of hydrogen-bond donors (Lipinski definition) is 1. The molecule has 1 aromatic carbocycles. The third-order valence-corrected chi connectivity index (χ3v) is 3.57. The topological polar surface area (TPSA) is 52.9 Å². The van der Waals surface area contributed by atoms with Gasteiger partial charge in [0.25, 0.3) is 0 Å². The summed E-state index contributed by atoms with van der Waals surface area (Å²) in [6, 6.07) is 3.84. The maximum Gasteiger partial charge on any atom is 0.328 e. The van der Waals surface area contributed by atoms with Crippen LogP contribution < -0.4 is 11.4 Å². The molecule has 16 heavy (non-hydrogen) atoms. The fourth-order valence-corrected chi connectivity index (χ4v) is 2.58. The van der Waals surface area contributed by atoms with E-state index in [0.29, 0.717) is 0 Å². The lowest BCUT2D eigenvalue weighted by molar-refractivity contribution is 0.794. The van der Waals surface area contributed by atoms with Gasteiger partial charge in [0.15, 0.2) is 0 Å². The fraction of sp³-hybridized carbons (Fsp3) is 0.364. The molecule has 2 rings (SSSR count). The Bertz CT molecular complexity index is 610. The van der Waals surface area contributed by atoms with Crippen molar-refractivity contribution in [2.24, 2.45) is 19.8 Å². The van der Waals surface area contributed by atoms with Crippen LogP contribution in [0.1, 0.15) is 18.5 Å². The van der Waals surface area contributed by atoms with Gasteiger partial charge in [-0.05, 0) is 24.6 Å². The van der Waals surface area contributed by atoms with E-state index >= 15 is 0 Å². The van der Waals surface area contributed by atoms with Gasteiger partial charge in [-0.3, -0.25) is 9.13 Å². The molecular formula is C11H14BrN3O. The summed E-state index contributed by atoms with van der Waals surface area (Å²) in [4.78, 5) is 11.8. The Hall–Kier alpha value is -1.07. The van der Waals surface area contributed by atoms with Crippen LogP contribution in [-0.2, 0) is 14.1 Å². The van der Waals surface area contributed by atoms with E-state index in [1.54, 1.807) is 23.2 Å². The van der Waals surface area contributed by atoms with Crippen LogP contribution in [-0.4, -0.2) is 9.13 Å². The Morgan fingerprint density at radius 2 is 1.75 bits per heavy atom. The molecule has 4 nitrogen and oxygen atoms in total. The Balaban J connectivity index is 2.90. The molecule has 0 radical (unpaired) electrons.